The van der Waals surface area contributed by atoms with E-state index >= 15 is 0 Å². The van der Waals surface area contributed by atoms with Crippen LogP contribution in [0.1, 0.15) is 63.2 Å². The zero-order valence-corrected chi connectivity index (χ0v) is 18.3. The van der Waals surface area contributed by atoms with Crippen molar-refractivity contribution in [2.75, 3.05) is 20.1 Å². The summed E-state index contributed by atoms with van der Waals surface area (Å²) in [6.45, 7) is 1.16. The number of aromatic nitrogens is 3. The lowest BCUT2D eigenvalue weighted by Gasteiger charge is -2.17. The van der Waals surface area contributed by atoms with Gasteiger partial charge in [-0.3, -0.25) is 14.3 Å². The van der Waals surface area contributed by atoms with Crippen LogP contribution in [0.5, 0.6) is 0 Å². The van der Waals surface area contributed by atoms with Crippen LogP contribution < -0.4 is 5.32 Å². The molecule has 1 atom stereocenters. The van der Waals surface area contributed by atoms with E-state index in [0.29, 0.717) is 35.2 Å². The highest BCUT2D eigenvalue weighted by Crippen LogP contribution is 2.41. The molecule has 5 rings (SSSR count). The standard InChI is InChI=1S/C23H24ClN5O2/c1-25-22(30)16-11-18(13-7-8-13)26-21-19(16)20(27-28(21)2)14-9-10-29(12-14)23(31)15-5-3-4-6-17(15)24/h3-6,11,13-14H,7-10,12H2,1-2H3,(H,25,30). The summed E-state index contributed by atoms with van der Waals surface area (Å²) >= 11 is 6.23. The van der Waals surface area contributed by atoms with Crippen LogP contribution in [0, 0.1) is 0 Å². The Morgan fingerprint density at radius 3 is 2.61 bits per heavy atom. The number of pyridine rings is 1. The minimum Gasteiger partial charge on any atom is -0.355 e. The number of hydrogen-bond donors (Lipinski definition) is 1. The van der Waals surface area contributed by atoms with Crippen molar-refractivity contribution in [3.8, 4) is 0 Å². The Kier molecular flexibility index (Phi) is 4.93. The molecule has 1 aliphatic heterocycles. The Balaban J connectivity index is 1.51. The third-order valence-corrected chi connectivity index (χ3v) is 6.60. The lowest BCUT2D eigenvalue weighted by molar-refractivity contribution is 0.0790. The number of nitrogens with zero attached hydrogens (tertiary/aromatic N) is 4. The van der Waals surface area contributed by atoms with Gasteiger partial charge in [-0.1, -0.05) is 23.7 Å². The molecule has 1 saturated carbocycles. The third kappa shape index (κ3) is 3.47. The fourth-order valence-electron chi connectivity index (χ4n) is 4.46. The second kappa shape index (κ2) is 7.64. The van der Waals surface area contributed by atoms with Crippen LogP contribution in [0.2, 0.25) is 5.02 Å². The second-order valence-corrected chi connectivity index (χ2v) is 8.78. The molecule has 7 nitrogen and oxygen atoms in total. The molecule has 0 radical (unpaired) electrons. The summed E-state index contributed by atoms with van der Waals surface area (Å²) in [6, 6.07) is 9.03. The Morgan fingerprint density at radius 1 is 1.13 bits per heavy atom. The number of carbonyl (C=O) groups excluding carboxylic acids is 2. The number of likely N-dealkylation sites (tertiary alicyclic amines) is 1. The normalized spacial score (nSPS) is 18.5. The first kappa shape index (κ1) is 20.0. The van der Waals surface area contributed by atoms with E-state index < -0.39 is 0 Å². The predicted octanol–water partition coefficient (Wildman–Crippen LogP) is 3.49. The van der Waals surface area contributed by atoms with Gasteiger partial charge in [0.25, 0.3) is 11.8 Å². The fraction of sp³-hybridized carbons (Fsp3) is 0.391. The number of halogens is 1. The number of rotatable bonds is 4. The van der Waals surface area contributed by atoms with Crippen LogP contribution in [0.4, 0.5) is 0 Å². The van der Waals surface area contributed by atoms with E-state index in [4.69, 9.17) is 21.7 Å². The maximum atomic E-state index is 13.0. The van der Waals surface area contributed by atoms with E-state index in [1.165, 1.54) is 0 Å². The Hall–Kier alpha value is -2.93. The summed E-state index contributed by atoms with van der Waals surface area (Å²) in [7, 11) is 3.51. The first-order valence-corrected chi connectivity index (χ1v) is 11.0. The van der Waals surface area contributed by atoms with Gasteiger partial charge in [-0.05, 0) is 37.5 Å². The summed E-state index contributed by atoms with van der Waals surface area (Å²) in [6.07, 6.45) is 3.00. The van der Waals surface area contributed by atoms with Crippen LogP contribution in [0.25, 0.3) is 11.0 Å². The van der Waals surface area contributed by atoms with Crippen molar-refractivity contribution in [1.29, 1.82) is 0 Å². The molecular formula is C23H24ClN5O2. The van der Waals surface area contributed by atoms with Crippen molar-refractivity contribution in [1.82, 2.24) is 25.0 Å². The molecule has 2 aliphatic rings. The highest BCUT2D eigenvalue weighted by molar-refractivity contribution is 6.33. The zero-order chi connectivity index (χ0) is 21.7. The van der Waals surface area contributed by atoms with Crippen molar-refractivity contribution in [3.05, 3.63) is 57.9 Å². The largest absolute Gasteiger partial charge is 0.355 e. The quantitative estimate of drug-likeness (QED) is 0.677. The van der Waals surface area contributed by atoms with Gasteiger partial charge in [-0.15, -0.1) is 0 Å². The highest BCUT2D eigenvalue weighted by atomic mass is 35.5. The van der Waals surface area contributed by atoms with Crippen molar-refractivity contribution in [2.45, 2.75) is 31.1 Å². The maximum Gasteiger partial charge on any atom is 0.255 e. The molecule has 2 amide bonds. The highest BCUT2D eigenvalue weighted by Gasteiger charge is 2.34. The molecule has 31 heavy (non-hydrogen) atoms. The summed E-state index contributed by atoms with van der Waals surface area (Å²) in [5, 5.41) is 8.77. The van der Waals surface area contributed by atoms with E-state index in [1.54, 1.807) is 23.9 Å². The number of amides is 2. The fourth-order valence-corrected chi connectivity index (χ4v) is 4.67. The molecule has 1 N–H and O–H groups in total. The number of nitrogens with one attached hydrogen (secondary N) is 1. The predicted molar refractivity (Wildman–Crippen MR) is 119 cm³/mol. The van der Waals surface area contributed by atoms with E-state index in [2.05, 4.69) is 5.32 Å². The summed E-state index contributed by atoms with van der Waals surface area (Å²) in [5.41, 5.74) is 3.66. The molecule has 1 aliphatic carbocycles. The van der Waals surface area contributed by atoms with Crippen molar-refractivity contribution >= 4 is 34.4 Å². The molecule has 1 aromatic carbocycles. The molecule has 0 bridgehead atoms. The van der Waals surface area contributed by atoms with E-state index in [-0.39, 0.29) is 17.7 Å². The van der Waals surface area contributed by atoms with Gasteiger partial charge < -0.3 is 10.2 Å². The van der Waals surface area contributed by atoms with Gasteiger partial charge >= 0.3 is 0 Å². The van der Waals surface area contributed by atoms with Gasteiger partial charge in [0.2, 0.25) is 0 Å². The van der Waals surface area contributed by atoms with E-state index in [0.717, 1.165) is 41.7 Å². The molecule has 1 unspecified atom stereocenters. The van der Waals surface area contributed by atoms with Crippen LogP contribution in [0.15, 0.2) is 30.3 Å². The lowest BCUT2D eigenvalue weighted by atomic mass is 9.98. The monoisotopic (exact) mass is 437 g/mol. The average molecular weight is 438 g/mol. The summed E-state index contributed by atoms with van der Waals surface area (Å²) in [4.78, 5) is 32.4. The van der Waals surface area contributed by atoms with Crippen molar-refractivity contribution in [3.63, 3.8) is 0 Å². The van der Waals surface area contributed by atoms with E-state index in [9.17, 15) is 9.59 Å². The van der Waals surface area contributed by atoms with Gasteiger partial charge in [0.15, 0.2) is 5.65 Å². The molecule has 3 heterocycles. The van der Waals surface area contributed by atoms with Gasteiger partial charge in [0, 0.05) is 44.7 Å². The van der Waals surface area contributed by atoms with Crippen LogP contribution in [-0.4, -0.2) is 51.6 Å². The number of hydrogen-bond acceptors (Lipinski definition) is 4. The Bertz CT molecular complexity index is 1200. The number of aryl methyl sites for hydroxylation is 1. The number of carbonyl (C=O) groups is 2. The smallest absolute Gasteiger partial charge is 0.255 e. The summed E-state index contributed by atoms with van der Waals surface area (Å²) < 4.78 is 1.77. The lowest BCUT2D eigenvalue weighted by Crippen LogP contribution is -2.28. The third-order valence-electron chi connectivity index (χ3n) is 6.27. The molecule has 2 fully saturated rings. The molecule has 3 aromatic rings. The van der Waals surface area contributed by atoms with E-state index in [1.807, 2.05) is 30.1 Å². The van der Waals surface area contributed by atoms with Crippen LogP contribution >= 0.6 is 11.6 Å². The van der Waals surface area contributed by atoms with Gasteiger partial charge in [-0.2, -0.15) is 5.10 Å². The van der Waals surface area contributed by atoms with Crippen molar-refractivity contribution < 1.29 is 9.59 Å². The maximum absolute atomic E-state index is 13.0. The number of fused-ring (bicyclic) bond motifs is 1. The first-order valence-electron chi connectivity index (χ1n) is 10.6. The van der Waals surface area contributed by atoms with Crippen molar-refractivity contribution in [2.24, 2.45) is 7.05 Å². The first-order chi connectivity index (χ1) is 15.0. The topological polar surface area (TPSA) is 80.1 Å². The zero-order valence-electron chi connectivity index (χ0n) is 17.6. The van der Waals surface area contributed by atoms with Gasteiger partial charge in [-0.25, -0.2) is 4.98 Å². The van der Waals surface area contributed by atoms with Gasteiger partial charge in [0.1, 0.15) is 0 Å². The minimum absolute atomic E-state index is 0.0344. The molecule has 2 aromatic heterocycles. The average Bonchev–Trinajstić information content (AvgIpc) is 3.42. The molecular weight excluding hydrogens is 414 g/mol. The van der Waals surface area contributed by atoms with Crippen LogP contribution in [0.3, 0.4) is 0 Å². The number of benzene rings is 1. The minimum atomic E-state index is -0.134. The molecule has 1 saturated heterocycles. The second-order valence-electron chi connectivity index (χ2n) is 8.37. The molecule has 8 heteroatoms. The molecule has 160 valence electrons. The SMILES string of the molecule is CNC(=O)c1cc(C2CC2)nc2c1c(C1CCN(C(=O)c3ccccc3Cl)C1)nn2C. The Labute approximate surface area is 185 Å². The Morgan fingerprint density at radius 2 is 1.90 bits per heavy atom. The van der Waals surface area contributed by atoms with Crippen LogP contribution in [-0.2, 0) is 7.05 Å². The van der Waals surface area contributed by atoms with Gasteiger partial charge in [0.05, 0.1) is 27.2 Å². The molecule has 0 spiro atoms. The summed E-state index contributed by atoms with van der Waals surface area (Å²) in [5.74, 6) is 0.257.